The Morgan fingerprint density at radius 3 is 2.35 bits per heavy atom. The van der Waals surface area contributed by atoms with E-state index in [4.69, 9.17) is 0 Å². The van der Waals surface area contributed by atoms with Gasteiger partial charge in [-0.15, -0.1) is 0 Å². The molecule has 1 rings (SSSR count). The third kappa shape index (κ3) is 6.71. The lowest BCUT2D eigenvalue weighted by molar-refractivity contribution is -0.121. The topological polar surface area (TPSA) is 44.4 Å². The predicted molar refractivity (Wildman–Crippen MR) is 84.8 cm³/mol. The van der Waals surface area contributed by atoms with Crippen LogP contribution in [0.25, 0.3) is 0 Å². The van der Waals surface area contributed by atoms with Crippen LogP contribution in [0.2, 0.25) is 0 Å². The highest BCUT2D eigenvalue weighted by molar-refractivity contribution is 5.75. The van der Waals surface area contributed by atoms with Gasteiger partial charge in [-0.3, -0.25) is 9.69 Å². The van der Waals surface area contributed by atoms with Crippen molar-refractivity contribution in [3.8, 4) is 0 Å². The molecule has 4 heteroatoms. The molecule has 4 nitrogen and oxygen atoms in total. The van der Waals surface area contributed by atoms with Crippen LogP contribution in [0.4, 0.5) is 0 Å². The van der Waals surface area contributed by atoms with Crippen molar-refractivity contribution in [2.45, 2.75) is 65.5 Å². The summed E-state index contributed by atoms with van der Waals surface area (Å²) < 4.78 is 0. The van der Waals surface area contributed by atoms with E-state index in [2.05, 4.69) is 43.2 Å². The summed E-state index contributed by atoms with van der Waals surface area (Å²) in [5.41, 5.74) is 0. The molecule has 0 saturated carbocycles. The van der Waals surface area contributed by atoms with E-state index in [0.29, 0.717) is 24.4 Å². The van der Waals surface area contributed by atoms with Crippen molar-refractivity contribution in [2.75, 3.05) is 26.2 Å². The van der Waals surface area contributed by atoms with Crippen LogP contribution in [0.15, 0.2) is 0 Å². The SMILES string of the molecule is CC(C)NCCCC(=O)NCC(C(C)C)N1CCCC1. The normalized spacial score (nSPS) is 17.9. The number of carbonyl (C=O) groups excluding carboxylic acids is 1. The lowest BCUT2D eigenvalue weighted by Gasteiger charge is -2.31. The standard InChI is InChI=1S/C16H33N3O/c1-13(2)15(19-10-5-6-11-19)12-18-16(20)8-7-9-17-14(3)4/h13-15,17H,5-12H2,1-4H3,(H,18,20). The van der Waals surface area contributed by atoms with E-state index in [1.807, 2.05) is 0 Å². The van der Waals surface area contributed by atoms with Crippen LogP contribution in [-0.2, 0) is 4.79 Å². The van der Waals surface area contributed by atoms with Gasteiger partial charge in [0.15, 0.2) is 0 Å². The minimum absolute atomic E-state index is 0.195. The van der Waals surface area contributed by atoms with Crippen LogP contribution >= 0.6 is 0 Å². The van der Waals surface area contributed by atoms with E-state index in [-0.39, 0.29) is 5.91 Å². The third-order valence-electron chi connectivity index (χ3n) is 4.02. The second kappa shape index (κ2) is 9.35. The van der Waals surface area contributed by atoms with Crippen molar-refractivity contribution in [3.63, 3.8) is 0 Å². The zero-order valence-electron chi connectivity index (χ0n) is 13.7. The highest BCUT2D eigenvalue weighted by Gasteiger charge is 2.24. The Hall–Kier alpha value is -0.610. The number of nitrogens with one attached hydrogen (secondary N) is 2. The van der Waals surface area contributed by atoms with Crippen molar-refractivity contribution in [2.24, 2.45) is 5.92 Å². The molecule has 1 aliphatic rings. The summed E-state index contributed by atoms with van der Waals surface area (Å²) in [6.07, 6.45) is 4.15. The molecule has 1 heterocycles. The second-order valence-corrected chi connectivity index (χ2v) is 6.57. The van der Waals surface area contributed by atoms with E-state index in [0.717, 1.165) is 19.5 Å². The summed E-state index contributed by atoms with van der Waals surface area (Å²) in [6, 6.07) is 0.994. The van der Waals surface area contributed by atoms with Crippen LogP contribution < -0.4 is 10.6 Å². The first-order valence-electron chi connectivity index (χ1n) is 8.25. The Bertz CT molecular complexity index is 273. The molecule has 20 heavy (non-hydrogen) atoms. The molecule has 1 amide bonds. The van der Waals surface area contributed by atoms with Crippen LogP contribution in [0, 0.1) is 5.92 Å². The fourth-order valence-corrected chi connectivity index (χ4v) is 2.81. The van der Waals surface area contributed by atoms with Gasteiger partial charge in [0.05, 0.1) is 0 Å². The average molecular weight is 283 g/mol. The smallest absolute Gasteiger partial charge is 0.220 e. The van der Waals surface area contributed by atoms with Crippen molar-refractivity contribution < 1.29 is 4.79 Å². The Kier molecular flexibility index (Phi) is 8.15. The molecule has 1 fully saturated rings. The number of nitrogens with zero attached hydrogens (tertiary/aromatic N) is 1. The van der Waals surface area contributed by atoms with Gasteiger partial charge in [-0.05, 0) is 44.8 Å². The third-order valence-corrected chi connectivity index (χ3v) is 4.02. The number of amides is 1. The first-order chi connectivity index (χ1) is 9.50. The van der Waals surface area contributed by atoms with Crippen LogP contribution in [-0.4, -0.2) is 49.1 Å². The molecule has 0 spiro atoms. The quantitative estimate of drug-likeness (QED) is 0.636. The summed E-state index contributed by atoms with van der Waals surface area (Å²) in [5, 5.41) is 6.46. The Balaban J connectivity index is 2.20. The largest absolute Gasteiger partial charge is 0.355 e. The Labute approximate surface area is 124 Å². The number of likely N-dealkylation sites (tertiary alicyclic amines) is 1. The molecule has 0 aromatic carbocycles. The second-order valence-electron chi connectivity index (χ2n) is 6.57. The maximum Gasteiger partial charge on any atom is 0.220 e. The van der Waals surface area contributed by atoms with Gasteiger partial charge in [-0.2, -0.15) is 0 Å². The van der Waals surface area contributed by atoms with Gasteiger partial charge in [0.2, 0.25) is 5.91 Å². The molecule has 1 saturated heterocycles. The van der Waals surface area contributed by atoms with Crippen LogP contribution in [0.3, 0.4) is 0 Å². The minimum Gasteiger partial charge on any atom is -0.355 e. The Morgan fingerprint density at radius 2 is 1.80 bits per heavy atom. The molecule has 1 atom stereocenters. The van der Waals surface area contributed by atoms with E-state index < -0.39 is 0 Å². The lowest BCUT2D eigenvalue weighted by Crippen LogP contribution is -2.45. The van der Waals surface area contributed by atoms with Crippen LogP contribution in [0.1, 0.15) is 53.4 Å². The van der Waals surface area contributed by atoms with E-state index in [1.165, 1.54) is 25.9 Å². The lowest BCUT2D eigenvalue weighted by atomic mass is 10.0. The zero-order valence-corrected chi connectivity index (χ0v) is 13.7. The molecule has 2 N–H and O–H groups in total. The Morgan fingerprint density at radius 1 is 1.15 bits per heavy atom. The van der Waals surface area contributed by atoms with Gasteiger partial charge in [-0.1, -0.05) is 27.7 Å². The highest BCUT2D eigenvalue weighted by atomic mass is 16.1. The fraction of sp³-hybridized carbons (Fsp3) is 0.938. The number of rotatable bonds is 9. The van der Waals surface area contributed by atoms with Gasteiger partial charge in [0.1, 0.15) is 0 Å². The fourth-order valence-electron chi connectivity index (χ4n) is 2.81. The number of hydrogen-bond donors (Lipinski definition) is 2. The molecule has 118 valence electrons. The monoisotopic (exact) mass is 283 g/mol. The van der Waals surface area contributed by atoms with Gasteiger partial charge in [0, 0.05) is 25.0 Å². The van der Waals surface area contributed by atoms with Gasteiger partial charge in [-0.25, -0.2) is 0 Å². The summed E-state index contributed by atoms with van der Waals surface area (Å²) in [4.78, 5) is 14.4. The highest BCUT2D eigenvalue weighted by Crippen LogP contribution is 2.17. The van der Waals surface area contributed by atoms with Crippen molar-refractivity contribution >= 4 is 5.91 Å². The van der Waals surface area contributed by atoms with Gasteiger partial charge < -0.3 is 10.6 Å². The molecule has 0 aliphatic carbocycles. The van der Waals surface area contributed by atoms with E-state index in [9.17, 15) is 4.79 Å². The van der Waals surface area contributed by atoms with Crippen LogP contribution in [0.5, 0.6) is 0 Å². The first-order valence-corrected chi connectivity index (χ1v) is 8.25. The predicted octanol–water partition coefficient (Wildman–Crippen LogP) is 2.00. The molecule has 1 unspecified atom stereocenters. The molecule has 1 aliphatic heterocycles. The maximum absolute atomic E-state index is 11.9. The summed E-state index contributed by atoms with van der Waals surface area (Å²) in [5.74, 6) is 0.788. The van der Waals surface area contributed by atoms with E-state index >= 15 is 0 Å². The molecular formula is C16H33N3O. The summed E-state index contributed by atoms with van der Waals surface area (Å²) in [7, 11) is 0. The average Bonchev–Trinajstić information content (AvgIpc) is 2.88. The minimum atomic E-state index is 0.195. The van der Waals surface area contributed by atoms with Crippen molar-refractivity contribution in [1.29, 1.82) is 0 Å². The van der Waals surface area contributed by atoms with Gasteiger partial charge in [0.25, 0.3) is 0 Å². The molecule has 0 radical (unpaired) electrons. The number of hydrogen-bond acceptors (Lipinski definition) is 3. The molecule has 0 aromatic heterocycles. The summed E-state index contributed by atoms with van der Waals surface area (Å²) in [6.45, 7) is 12.9. The van der Waals surface area contributed by atoms with E-state index in [1.54, 1.807) is 0 Å². The van der Waals surface area contributed by atoms with Crippen molar-refractivity contribution in [1.82, 2.24) is 15.5 Å². The summed E-state index contributed by atoms with van der Waals surface area (Å²) >= 11 is 0. The molecular weight excluding hydrogens is 250 g/mol. The molecule has 0 bridgehead atoms. The first kappa shape index (κ1) is 17.4. The molecule has 0 aromatic rings. The zero-order chi connectivity index (χ0) is 15.0. The maximum atomic E-state index is 11.9. The number of carbonyl (C=O) groups is 1. The van der Waals surface area contributed by atoms with Crippen molar-refractivity contribution in [3.05, 3.63) is 0 Å². The van der Waals surface area contributed by atoms with Gasteiger partial charge >= 0.3 is 0 Å².